The normalized spacial score (nSPS) is 14.5. The first-order chi connectivity index (χ1) is 14.9. The van der Waals surface area contributed by atoms with E-state index in [-0.39, 0.29) is 25.3 Å². The van der Waals surface area contributed by atoms with E-state index in [0.29, 0.717) is 22.6 Å². The van der Waals surface area contributed by atoms with Crippen LogP contribution in [0.1, 0.15) is 16.1 Å². The molecule has 0 aliphatic carbocycles. The molecule has 158 valence electrons. The molecular formula is C21H19FN6O3. The minimum atomic E-state index is -1.06. The van der Waals surface area contributed by atoms with Gasteiger partial charge in [0, 0.05) is 37.0 Å². The van der Waals surface area contributed by atoms with Crippen molar-refractivity contribution in [3.8, 4) is 11.3 Å². The number of rotatable bonds is 6. The van der Waals surface area contributed by atoms with Crippen molar-refractivity contribution in [1.29, 1.82) is 0 Å². The molecule has 9 nitrogen and oxygen atoms in total. The number of likely N-dealkylation sites (tertiary alicyclic amines) is 1. The number of aromatic nitrogens is 3. The lowest BCUT2D eigenvalue weighted by Gasteiger charge is -2.48. The molecule has 0 spiro atoms. The Labute approximate surface area is 176 Å². The second-order valence-electron chi connectivity index (χ2n) is 7.36. The predicted molar refractivity (Wildman–Crippen MR) is 110 cm³/mol. The highest BCUT2D eigenvalue weighted by molar-refractivity contribution is 5.94. The molecule has 3 aromatic rings. The van der Waals surface area contributed by atoms with Gasteiger partial charge in [0.25, 0.3) is 0 Å². The van der Waals surface area contributed by atoms with Gasteiger partial charge in [-0.25, -0.2) is 9.18 Å². The molecule has 1 aromatic carbocycles. The van der Waals surface area contributed by atoms with Gasteiger partial charge in [-0.1, -0.05) is 12.1 Å². The number of primary amides is 1. The Kier molecular flexibility index (Phi) is 5.20. The first-order valence-corrected chi connectivity index (χ1v) is 9.45. The van der Waals surface area contributed by atoms with Crippen molar-refractivity contribution in [3.05, 3.63) is 71.8 Å². The van der Waals surface area contributed by atoms with E-state index in [1.807, 2.05) is 0 Å². The number of halogens is 1. The Morgan fingerprint density at radius 3 is 2.61 bits per heavy atom. The molecule has 10 heteroatoms. The van der Waals surface area contributed by atoms with Crippen molar-refractivity contribution in [2.24, 2.45) is 5.73 Å². The van der Waals surface area contributed by atoms with Crippen molar-refractivity contribution < 1.29 is 19.1 Å². The monoisotopic (exact) mass is 422 g/mol. The summed E-state index contributed by atoms with van der Waals surface area (Å²) in [6, 6.07) is 13.0. The summed E-state index contributed by atoms with van der Waals surface area (Å²) in [7, 11) is 0. The van der Waals surface area contributed by atoms with E-state index in [9.17, 15) is 19.1 Å². The Morgan fingerprint density at radius 1 is 1.16 bits per heavy atom. The van der Waals surface area contributed by atoms with Crippen LogP contribution in [0.15, 0.2) is 54.7 Å². The molecule has 2 amide bonds. The van der Waals surface area contributed by atoms with Crippen molar-refractivity contribution in [2.45, 2.75) is 5.41 Å². The fourth-order valence-electron chi connectivity index (χ4n) is 3.61. The van der Waals surface area contributed by atoms with Gasteiger partial charge in [0.05, 0.1) is 16.8 Å². The van der Waals surface area contributed by atoms with Crippen molar-refractivity contribution in [1.82, 2.24) is 20.1 Å². The lowest BCUT2D eigenvalue weighted by atomic mass is 9.76. The van der Waals surface area contributed by atoms with Crippen LogP contribution in [-0.2, 0) is 5.41 Å². The maximum absolute atomic E-state index is 14.4. The predicted octanol–water partition coefficient (Wildman–Crippen LogP) is 2.12. The van der Waals surface area contributed by atoms with E-state index < -0.39 is 23.2 Å². The van der Waals surface area contributed by atoms with E-state index in [1.165, 1.54) is 23.2 Å². The van der Waals surface area contributed by atoms with Crippen LogP contribution in [-0.4, -0.2) is 56.8 Å². The first-order valence-electron chi connectivity index (χ1n) is 9.45. The maximum atomic E-state index is 14.4. The SMILES string of the molecule is NC(=O)c1cccc(-c2ccc(NCC3(c4ncccc4F)CN(C(=O)O)C3)nn2)c1. The Balaban J connectivity index is 1.51. The molecule has 3 heterocycles. The van der Waals surface area contributed by atoms with Gasteiger partial charge in [-0.3, -0.25) is 9.78 Å². The number of nitrogens with one attached hydrogen (secondary N) is 1. The Hall–Kier alpha value is -4.08. The largest absolute Gasteiger partial charge is 0.465 e. The van der Waals surface area contributed by atoms with Crippen LogP contribution in [0.25, 0.3) is 11.3 Å². The summed E-state index contributed by atoms with van der Waals surface area (Å²) in [5.74, 6) is -0.569. The number of hydrogen-bond acceptors (Lipinski definition) is 6. The summed E-state index contributed by atoms with van der Waals surface area (Å²) in [5, 5.41) is 20.6. The highest BCUT2D eigenvalue weighted by atomic mass is 19.1. The highest BCUT2D eigenvalue weighted by Gasteiger charge is 2.49. The first kappa shape index (κ1) is 20.2. The lowest BCUT2D eigenvalue weighted by Crippen LogP contribution is -2.64. The minimum Gasteiger partial charge on any atom is -0.465 e. The van der Waals surface area contributed by atoms with Crippen molar-refractivity contribution >= 4 is 17.8 Å². The van der Waals surface area contributed by atoms with Crippen LogP contribution in [0.5, 0.6) is 0 Å². The zero-order chi connectivity index (χ0) is 22.0. The number of pyridine rings is 1. The number of anilines is 1. The zero-order valence-corrected chi connectivity index (χ0v) is 16.3. The van der Waals surface area contributed by atoms with E-state index in [0.717, 1.165) is 0 Å². The van der Waals surface area contributed by atoms with Gasteiger partial charge >= 0.3 is 6.09 Å². The van der Waals surface area contributed by atoms with Gasteiger partial charge in [-0.05, 0) is 36.4 Å². The molecule has 4 N–H and O–H groups in total. The molecule has 1 saturated heterocycles. The number of carboxylic acid groups (broad SMARTS) is 1. The average molecular weight is 422 g/mol. The fraction of sp³-hybridized carbons (Fsp3) is 0.190. The molecule has 1 fully saturated rings. The molecule has 31 heavy (non-hydrogen) atoms. The molecule has 0 radical (unpaired) electrons. The second kappa shape index (κ2) is 7.98. The molecule has 0 saturated carbocycles. The molecule has 1 aliphatic rings. The molecule has 2 aromatic heterocycles. The van der Waals surface area contributed by atoms with Crippen LogP contribution in [0, 0.1) is 5.82 Å². The van der Waals surface area contributed by atoms with E-state index >= 15 is 0 Å². The van der Waals surface area contributed by atoms with Gasteiger partial charge in [0.15, 0.2) is 0 Å². The third-order valence-electron chi connectivity index (χ3n) is 5.23. The number of nitrogens with two attached hydrogens (primary N) is 1. The Bertz CT molecular complexity index is 1130. The number of nitrogens with zero attached hydrogens (tertiary/aromatic N) is 4. The third kappa shape index (κ3) is 4.00. The smallest absolute Gasteiger partial charge is 0.407 e. The quantitative estimate of drug-likeness (QED) is 0.554. The second-order valence-corrected chi connectivity index (χ2v) is 7.36. The van der Waals surface area contributed by atoms with Crippen molar-refractivity contribution in [3.63, 3.8) is 0 Å². The van der Waals surface area contributed by atoms with Gasteiger partial charge in [-0.15, -0.1) is 10.2 Å². The highest BCUT2D eigenvalue weighted by Crippen LogP contribution is 2.35. The molecule has 0 bridgehead atoms. The lowest BCUT2D eigenvalue weighted by molar-refractivity contribution is 0.0616. The fourth-order valence-corrected chi connectivity index (χ4v) is 3.61. The maximum Gasteiger partial charge on any atom is 0.407 e. The molecule has 0 unspecified atom stereocenters. The average Bonchev–Trinajstić information content (AvgIpc) is 2.74. The van der Waals surface area contributed by atoms with Crippen LogP contribution < -0.4 is 11.1 Å². The minimum absolute atomic E-state index is 0.120. The van der Waals surface area contributed by atoms with Gasteiger partial charge in [-0.2, -0.15) is 0 Å². The Morgan fingerprint density at radius 2 is 1.97 bits per heavy atom. The summed E-state index contributed by atoms with van der Waals surface area (Å²) in [6.07, 6.45) is 0.424. The number of hydrogen-bond donors (Lipinski definition) is 3. The van der Waals surface area contributed by atoms with E-state index in [4.69, 9.17) is 5.73 Å². The number of carbonyl (C=O) groups excluding carboxylic acids is 1. The van der Waals surface area contributed by atoms with Gasteiger partial charge < -0.3 is 21.1 Å². The topological polar surface area (TPSA) is 134 Å². The molecule has 1 aliphatic heterocycles. The van der Waals surface area contributed by atoms with Crippen LogP contribution in [0.3, 0.4) is 0 Å². The molecule has 4 rings (SSSR count). The van der Waals surface area contributed by atoms with Crippen LogP contribution in [0.4, 0.5) is 15.0 Å². The summed E-state index contributed by atoms with van der Waals surface area (Å²) >= 11 is 0. The molecule has 0 atom stereocenters. The van der Waals surface area contributed by atoms with E-state index in [2.05, 4.69) is 20.5 Å². The summed E-state index contributed by atoms with van der Waals surface area (Å²) in [4.78, 5) is 28.0. The standard InChI is InChI=1S/C21H19FN6O3/c22-15-5-2-8-24-18(15)21(11-28(12-21)20(30)31)10-25-17-7-6-16(26-27-17)13-3-1-4-14(9-13)19(23)29/h1-9H,10-12H2,(H2,23,29)(H,25,27)(H,30,31). The van der Waals surface area contributed by atoms with Crippen molar-refractivity contribution in [2.75, 3.05) is 25.0 Å². The number of benzene rings is 1. The van der Waals surface area contributed by atoms with Crippen LogP contribution in [0.2, 0.25) is 0 Å². The summed E-state index contributed by atoms with van der Waals surface area (Å²) in [5.41, 5.74) is 6.34. The van der Waals surface area contributed by atoms with Gasteiger partial charge in [0.1, 0.15) is 11.6 Å². The number of carbonyl (C=O) groups is 2. The zero-order valence-electron chi connectivity index (χ0n) is 16.3. The molecular weight excluding hydrogens is 403 g/mol. The van der Waals surface area contributed by atoms with E-state index in [1.54, 1.807) is 36.4 Å². The van der Waals surface area contributed by atoms with Crippen LogP contribution >= 0.6 is 0 Å². The summed E-state index contributed by atoms with van der Waals surface area (Å²) < 4.78 is 14.4. The van der Waals surface area contributed by atoms with Gasteiger partial charge in [0.2, 0.25) is 5.91 Å². The third-order valence-corrected chi connectivity index (χ3v) is 5.23. The number of amides is 2. The summed E-state index contributed by atoms with van der Waals surface area (Å²) in [6.45, 7) is 0.472.